The first-order chi connectivity index (χ1) is 10.4. The van der Waals surface area contributed by atoms with Crippen molar-refractivity contribution in [2.45, 2.75) is 0 Å². The van der Waals surface area contributed by atoms with Gasteiger partial charge in [0.2, 0.25) is 11.6 Å². The van der Waals surface area contributed by atoms with E-state index in [1.165, 1.54) is 12.1 Å². The molecule has 0 saturated heterocycles. The molecule has 2 aromatic rings. The predicted octanol–water partition coefficient (Wildman–Crippen LogP) is 3.91. The highest BCUT2D eigenvalue weighted by Gasteiger charge is 2.21. The van der Waals surface area contributed by atoms with E-state index in [4.69, 9.17) is 11.6 Å². The fourth-order valence-electron chi connectivity index (χ4n) is 1.58. The van der Waals surface area contributed by atoms with E-state index in [0.29, 0.717) is 10.7 Å². The Morgan fingerprint density at radius 1 is 1.09 bits per heavy atom. The van der Waals surface area contributed by atoms with Gasteiger partial charge in [0.1, 0.15) is 0 Å². The van der Waals surface area contributed by atoms with Crippen molar-refractivity contribution < 1.29 is 27.1 Å². The fourth-order valence-corrected chi connectivity index (χ4v) is 1.77. The highest BCUT2D eigenvalue weighted by molar-refractivity contribution is 6.30. The first kappa shape index (κ1) is 16.1. The summed E-state index contributed by atoms with van der Waals surface area (Å²) >= 11 is 5.71. The molecule has 0 unspecified atom stereocenters. The molecule has 0 aliphatic carbocycles. The molecule has 0 aliphatic rings. The van der Waals surface area contributed by atoms with Crippen LogP contribution < -0.4 is 10.1 Å². The number of amides is 1. The molecule has 22 heavy (non-hydrogen) atoms. The Hall–Kier alpha value is -2.28. The summed E-state index contributed by atoms with van der Waals surface area (Å²) in [5.74, 6) is -8.75. The molecular formula is C14H8ClF4NO2. The second-order valence-corrected chi connectivity index (χ2v) is 4.58. The van der Waals surface area contributed by atoms with Crippen LogP contribution in [0.25, 0.3) is 0 Å². The van der Waals surface area contributed by atoms with E-state index in [-0.39, 0.29) is 6.07 Å². The van der Waals surface area contributed by atoms with Gasteiger partial charge in [-0.25, -0.2) is 8.78 Å². The van der Waals surface area contributed by atoms with Gasteiger partial charge < -0.3 is 10.1 Å². The van der Waals surface area contributed by atoms with Crippen molar-refractivity contribution in [2.24, 2.45) is 0 Å². The highest BCUT2D eigenvalue weighted by atomic mass is 35.5. The fraction of sp³-hybridized carbons (Fsp3) is 0.0714. The van der Waals surface area contributed by atoms with Gasteiger partial charge in [-0.05, 0) is 18.2 Å². The van der Waals surface area contributed by atoms with Gasteiger partial charge in [0.15, 0.2) is 24.0 Å². The van der Waals surface area contributed by atoms with E-state index in [1.54, 1.807) is 12.1 Å². The lowest BCUT2D eigenvalue weighted by Gasteiger charge is -2.10. The number of benzene rings is 2. The van der Waals surface area contributed by atoms with Crippen LogP contribution >= 0.6 is 11.6 Å². The Bertz CT molecular complexity index is 698. The van der Waals surface area contributed by atoms with Crippen molar-refractivity contribution in [3.8, 4) is 5.75 Å². The summed E-state index contributed by atoms with van der Waals surface area (Å²) in [4.78, 5) is 11.6. The Balaban J connectivity index is 2.06. The molecule has 0 aromatic heterocycles. The summed E-state index contributed by atoms with van der Waals surface area (Å²) in [7, 11) is 0. The van der Waals surface area contributed by atoms with E-state index in [1.807, 2.05) is 0 Å². The molecule has 0 fully saturated rings. The monoisotopic (exact) mass is 333 g/mol. The van der Waals surface area contributed by atoms with Crippen molar-refractivity contribution >= 4 is 23.2 Å². The van der Waals surface area contributed by atoms with E-state index in [2.05, 4.69) is 10.1 Å². The van der Waals surface area contributed by atoms with Crippen LogP contribution in [0.3, 0.4) is 0 Å². The number of hydrogen-bond acceptors (Lipinski definition) is 2. The van der Waals surface area contributed by atoms with Crippen LogP contribution in [0.5, 0.6) is 5.75 Å². The minimum atomic E-state index is -1.71. The number of anilines is 1. The first-order valence-corrected chi connectivity index (χ1v) is 6.27. The maximum Gasteiger partial charge on any atom is 0.262 e. The molecule has 1 amide bonds. The molecule has 2 rings (SSSR count). The van der Waals surface area contributed by atoms with Gasteiger partial charge in [-0.3, -0.25) is 4.79 Å². The average molecular weight is 334 g/mol. The molecule has 1 N–H and O–H groups in total. The summed E-state index contributed by atoms with van der Waals surface area (Å²) in [6, 6.07) is 6.15. The zero-order valence-electron chi connectivity index (χ0n) is 10.8. The quantitative estimate of drug-likeness (QED) is 0.680. The van der Waals surface area contributed by atoms with Crippen molar-refractivity contribution in [2.75, 3.05) is 11.9 Å². The SMILES string of the molecule is O=C(COc1c(F)c(F)cc(F)c1F)Nc1cccc(Cl)c1. The van der Waals surface area contributed by atoms with E-state index < -0.39 is 41.5 Å². The molecule has 2 aromatic carbocycles. The number of nitrogens with one attached hydrogen (secondary N) is 1. The minimum absolute atomic E-state index is 0.0452. The molecule has 3 nitrogen and oxygen atoms in total. The molecule has 8 heteroatoms. The van der Waals surface area contributed by atoms with Gasteiger partial charge in [0.25, 0.3) is 5.91 Å². The Morgan fingerprint density at radius 2 is 1.73 bits per heavy atom. The summed E-state index contributed by atoms with van der Waals surface area (Å²) in [5, 5.41) is 2.70. The third kappa shape index (κ3) is 3.67. The van der Waals surface area contributed by atoms with Crippen LogP contribution in [0.15, 0.2) is 30.3 Å². The molecule has 0 radical (unpaired) electrons. The molecule has 0 bridgehead atoms. The molecule has 116 valence electrons. The normalized spacial score (nSPS) is 10.4. The maximum absolute atomic E-state index is 13.3. The lowest BCUT2D eigenvalue weighted by atomic mass is 10.3. The molecular weight excluding hydrogens is 326 g/mol. The van der Waals surface area contributed by atoms with Crippen LogP contribution in [0.4, 0.5) is 23.2 Å². The van der Waals surface area contributed by atoms with Crippen molar-refractivity contribution in [1.82, 2.24) is 0 Å². The van der Waals surface area contributed by atoms with Crippen LogP contribution in [0.2, 0.25) is 5.02 Å². The largest absolute Gasteiger partial charge is 0.477 e. The summed E-state index contributed by atoms with van der Waals surface area (Å²) < 4.78 is 57.1. The lowest BCUT2D eigenvalue weighted by Crippen LogP contribution is -2.21. The second-order valence-electron chi connectivity index (χ2n) is 4.14. The lowest BCUT2D eigenvalue weighted by molar-refractivity contribution is -0.118. The van der Waals surface area contributed by atoms with Crippen LogP contribution in [0, 0.1) is 23.3 Å². The highest BCUT2D eigenvalue weighted by Crippen LogP contribution is 2.26. The number of ether oxygens (including phenoxy) is 1. The summed E-state index contributed by atoms with van der Waals surface area (Å²) in [6.45, 7) is -0.844. The van der Waals surface area contributed by atoms with Crippen molar-refractivity contribution in [3.63, 3.8) is 0 Å². The average Bonchev–Trinajstić information content (AvgIpc) is 2.45. The summed E-state index contributed by atoms with van der Waals surface area (Å²) in [6.07, 6.45) is 0. The van der Waals surface area contributed by atoms with E-state index in [9.17, 15) is 22.4 Å². The molecule has 0 saturated carbocycles. The second kappa shape index (κ2) is 6.65. The number of halogens is 5. The summed E-state index contributed by atoms with van der Waals surface area (Å²) in [5.41, 5.74) is 0.326. The Morgan fingerprint density at radius 3 is 2.32 bits per heavy atom. The Labute approximate surface area is 127 Å². The van der Waals surface area contributed by atoms with E-state index in [0.717, 1.165) is 0 Å². The smallest absolute Gasteiger partial charge is 0.262 e. The molecule has 0 aliphatic heterocycles. The Kier molecular flexibility index (Phi) is 4.87. The van der Waals surface area contributed by atoms with Gasteiger partial charge in [-0.1, -0.05) is 17.7 Å². The number of carbonyl (C=O) groups excluding carboxylic acids is 1. The van der Waals surface area contributed by atoms with Crippen LogP contribution in [-0.4, -0.2) is 12.5 Å². The van der Waals surface area contributed by atoms with Gasteiger partial charge >= 0.3 is 0 Å². The molecule has 0 spiro atoms. The number of rotatable bonds is 4. The third-order valence-electron chi connectivity index (χ3n) is 2.53. The zero-order chi connectivity index (χ0) is 16.3. The van der Waals surface area contributed by atoms with Crippen LogP contribution in [-0.2, 0) is 4.79 Å². The van der Waals surface area contributed by atoms with E-state index >= 15 is 0 Å². The topological polar surface area (TPSA) is 38.3 Å². The standard InChI is InChI=1S/C14H8ClF4NO2/c15-7-2-1-3-8(4-7)20-11(21)6-22-14-12(18)9(16)5-10(17)13(14)19/h1-5H,6H2,(H,20,21). The van der Waals surface area contributed by atoms with Gasteiger partial charge in [0, 0.05) is 16.8 Å². The van der Waals surface area contributed by atoms with Gasteiger partial charge in [-0.2, -0.15) is 8.78 Å². The molecule has 0 heterocycles. The predicted molar refractivity (Wildman–Crippen MR) is 71.9 cm³/mol. The minimum Gasteiger partial charge on any atom is -0.477 e. The van der Waals surface area contributed by atoms with Gasteiger partial charge in [0.05, 0.1) is 0 Å². The van der Waals surface area contributed by atoms with Crippen molar-refractivity contribution in [3.05, 3.63) is 58.6 Å². The zero-order valence-corrected chi connectivity index (χ0v) is 11.6. The maximum atomic E-state index is 13.3. The third-order valence-corrected chi connectivity index (χ3v) is 2.76. The molecule has 0 atom stereocenters. The van der Waals surface area contributed by atoms with Crippen molar-refractivity contribution in [1.29, 1.82) is 0 Å². The van der Waals surface area contributed by atoms with Gasteiger partial charge in [-0.15, -0.1) is 0 Å². The first-order valence-electron chi connectivity index (χ1n) is 5.89. The van der Waals surface area contributed by atoms with Crippen LogP contribution in [0.1, 0.15) is 0 Å². The number of hydrogen-bond donors (Lipinski definition) is 1. The number of carbonyl (C=O) groups is 1.